The van der Waals surface area contributed by atoms with Gasteiger partial charge in [-0.25, -0.2) is 0 Å². The van der Waals surface area contributed by atoms with Crippen molar-refractivity contribution in [1.29, 1.82) is 0 Å². The second-order valence-corrected chi connectivity index (χ2v) is 5.86. The second-order valence-electron chi connectivity index (χ2n) is 4.39. The van der Waals surface area contributed by atoms with Gasteiger partial charge in [-0.2, -0.15) is 8.42 Å². The molecule has 0 heterocycles. The Balaban J connectivity index is 0.000000257. The van der Waals surface area contributed by atoms with Crippen molar-refractivity contribution >= 4 is 31.7 Å². The highest BCUT2D eigenvalue weighted by Crippen LogP contribution is 2.30. The topological polar surface area (TPSA) is 74.6 Å². The summed E-state index contributed by atoms with van der Waals surface area (Å²) in [5.74, 6) is 0.346. The van der Waals surface area contributed by atoms with Gasteiger partial charge >= 0.3 is 0 Å². The van der Waals surface area contributed by atoms with E-state index in [4.69, 9.17) is 4.55 Å². The maximum atomic E-state index is 9.73. The predicted octanol–water partition coefficient (Wildman–Crippen LogP) is 3.20. The molecule has 0 aliphatic rings. The fourth-order valence-electron chi connectivity index (χ4n) is 2.02. The fraction of sp³-hybridized carbons (Fsp3) is 0.0667. The Kier molecular flexibility index (Phi) is 3.92. The summed E-state index contributed by atoms with van der Waals surface area (Å²) < 4.78 is 25.9. The SMILES string of the molecule is CS(=O)(=O)O.Oc1cccc2c1ccc1ccccc12. The van der Waals surface area contributed by atoms with Crippen molar-refractivity contribution in [2.24, 2.45) is 0 Å². The van der Waals surface area contributed by atoms with Gasteiger partial charge in [0.1, 0.15) is 5.75 Å². The maximum Gasteiger partial charge on any atom is 0.261 e. The maximum absolute atomic E-state index is 9.73. The van der Waals surface area contributed by atoms with E-state index in [1.165, 1.54) is 10.8 Å². The lowest BCUT2D eigenvalue weighted by Gasteiger charge is -2.04. The van der Waals surface area contributed by atoms with Gasteiger partial charge in [-0.1, -0.05) is 48.5 Å². The number of benzene rings is 3. The van der Waals surface area contributed by atoms with Crippen LogP contribution in [0.3, 0.4) is 0 Å². The molecule has 0 aromatic heterocycles. The summed E-state index contributed by atoms with van der Waals surface area (Å²) in [7, 11) is -3.67. The summed E-state index contributed by atoms with van der Waals surface area (Å²) in [6.45, 7) is 0. The smallest absolute Gasteiger partial charge is 0.261 e. The molecule has 0 fully saturated rings. The van der Waals surface area contributed by atoms with Crippen molar-refractivity contribution in [3.8, 4) is 5.75 Å². The highest BCUT2D eigenvalue weighted by Gasteiger charge is 2.02. The van der Waals surface area contributed by atoms with Crippen LogP contribution in [0.25, 0.3) is 21.5 Å². The largest absolute Gasteiger partial charge is 0.507 e. The molecule has 5 heteroatoms. The van der Waals surface area contributed by atoms with Crippen LogP contribution in [0.1, 0.15) is 0 Å². The van der Waals surface area contributed by atoms with Crippen LogP contribution in [0, 0.1) is 0 Å². The summed E-state index contributed by atoms with van der Waals surface area (Å²) in [6, 6.07) is 17.8. The van der Waals surface area contributed by atoms with Crippen LogP contribution < -0.4 is 0 Å². The van der Waals surface area contributed by atoms with E-state index in [0.29, 0.717) is 12.0 Å². The number of hydrogen-bond acceptors (Lipinski definition) is 3. The van der Waals surface area contributed by atoms with E-state index >= 15 is 0 Å². The summed E-state index contributed by atoms with van der Waals surface area (Å²) in [4.78, 5) is 0. The summed E-state index contributed by atoms with van der Waals surface area (Å²) in [5.41, 5.74) is 0. The van der Waals surface area contributed by atoms with Crippen LogP contribution in [0.4, 0.5) is 0 Å². The number of rotatable bonds is 0. The van der Waals surface area contributed by atoms with Crippen molar-refractivity contribution in [3.63, 3.8) is 0 Å². The van der Waals surface area contributed by atoms with Gasteiger partial charge in [0.25, 0.3) is 10.1 Å². The van der Waals surface area contributed by atoms with E-state index in [0.717, 1.165) is 10.8 Å². The first-order chi connectivity index (χ1) is 9.36. The molecular formula is C15H14O4S. The Bertz CT molecular complexity index is 846. The molecule has 0 aliphatic heterocycles. The molecule has 3 rings (SSSR count). The summed E-state index contributed by atoms with van der Waals surface area (Å²) in [5, 5.41) is 14.1. The predicted molar refractivity (Wildman–Crippen MR) is 80.6 cm³/mol. The highest BCUT2D eigenvalue weighted by atomic mass is 32.2. The lowest BCUT2D eigenvalue weighted by molar-refractivity contribution is 0.481. The van der Waals surface area contributed by atoms with Gasteiger partial charge in [0.05, 0.1) is 6.26 Å². The van der Waals surface area contributed by atoms with E-state index in [1.54, 1.807) is 6.07 Å². The molecule has 0 bridgehead atoms. The fourth-order valence-corrected chi connectivity index (χ4v) is 2.02. The van der Waals surface area contributed by atoms with Crippen LogP contribution >= 0.6 is 0 Å². The molecule has 104 valence electrons. The molecule has 3 aromatic rings. The van der Waals surface area contributed by atoms with Gasteiger partial charge in [-0.05, 0) is 22.2 Å². The lowest BCUT2D eigenvalue weighted by Crippen LogP contribution is -1.88. The number of phenols is 1. The van der Waals surface area contributed by atoms with E-state index in [9.17, 15) is 13.5 Å². The normalized spacial score (nSPS) is 11.1. The zero-order chi connectivity index (χ0) is 14.8. The molecule has 20 heavy (non-hydrogen) atoms. The second kappa shape index (κ2) is 5.48. The lowest BCUT2D eigenvalue weighted by atomic mass is 10.0. The van der Waals surface area contributed by atoms with Crippen LogP contribution in [-0.4, -0.2) is 24.3 Å². The molecule has 0 saturated carbocycles. The third-order valence-corrected chi connectivity index (χ3v) is 2.76. The van der Waals surface area contributed by atoms with Gasteiger partial charge in [-0.3, -0.25) is 4.55 Å². The molecule has 0 aliphatic carbocycles. The Morgan fingerprint density at radius 1 is 0.800 bits per heavy atom. The number of hydrogen-bond donors (Lipinski definition) is 2. The molecule has 4 nitrogen and oxygen atoms in total. The minimum absolute atomic E-state index is 0.346. The van der Waals surface area contributed by atoms with E-state index in [1.807, 2.05) is 36.4 Å². The van der Waals surface area contributed by atoms with Crippen LogP contribution in [0.2, 0.25) is 0 Å². The van der Waals surface area contributed by atoms with Crippen LogP contribution in [0.15, 0.2) is 54.6 Å². The molecular weight excluding hydrogens is 276 g/mol. The minimum atomic E-state index is -3.67. The molecule has 3 aromatic carbocycles. The number of phenolic OH excluding ortho intramolecular Hbond substituents is 1. The van der Waals surface area contributed by atoms with E-state index < -0.39 is 10.1 Å². The van der Waals surface area contributed by atoms with E-state index in [-0.39, 0.29) is 0 Å². The summed E-state index contributed by atoms with van der Waals surface area (Å²) >= 11 is 0. The average molecular weight is 290 g/mol. The monoisotopic (exact) mass is 290 g/mol. The van der Waals surface area contributed by atoms with Gasteiger partial charge in [0.15, 0.2) is 0 Å². The first kappa shape index (κ1) is 14.3. The van der Waals surface area contributed by atoms with Gasteiger partial charge < -0.3 is 5.11 Å². The molecule has 2 N–H and O–H groups in total. The summed E-state index contributed by atoms with van der Waals surface area (Å²) in [6.07, 6.45) is 0.715. The van der Waals surface area contributed by atoms with Gasteiger partial charge in [-0.15, -0.1) is 0 Å². The van der Waals surface area contributed by atoms with Crippen LogP contribution in [-0.2, 0) is 10.1 Å². The molecule has 0 radical (unpaired) electrons. The zero-order valence-electron chi connectivity index (χ0n) is 10.8. The third-order valence-electron chi connectivity index (χ3n) is 2.76. The van der Waals surface area contributed by atoms with E-state index in [2.05, 4.69) is 12.1 Å². The molecule has 0 spiro atoms. The Hall–Kier alpha value is -2.11. The zero-order valence-corrected chi connectivity index (χ0v) is 11.6. The number of fused-ring (bicyclic) bond motifs is 3. The average Bonchev–Trinajstić information content (AvgIpc) is 2.37. The highest BCUT2D eigenvalue weighted by molar-refractivity contribution is 7.85. The van der Waals surface area contributed by atoms with Crippen molar-refractivity contribution < 1.29 is 18.1 Å². The van der Waals surface area contributed by atoms with Crippen molar-refractivity contribution in [2.45, 2.75) is 0 Å². The quantitative estimate of drug-likeness (QED) is 0.492. The van der Waals surface area contributed by atoms with Crippen LogP contribution in [0.5, 0.6) is 5.75 Å². The first-order valence-corrected chi connectivity index (χ1v) is 7.73. The minimum Gasteiger partial charge on any atom is -0.507 e. The Morgan fingerprint density at radius 3 is 2.10 bits per heavy atom. The van der Waals surface area contributed by atoms with Crippen molar-refractivity contribution in [1.82, 2.24) is 0 Å². The Morgan fingerprint density at radius 2 is 1.40 bits per heavy atom. The molecule has 0 unspecified atom stereocenters. The van der Waals surface area contributed by atoms with Gasteiger partial charge in [0, 0.05) is 5.39 Å². The standard InChI is InChI=1S/C14H10O.CH4O3S/c15-14-7-3-6-12-11-5-2-1-4-10(11)8-9-13(12)14;1-5(2,3)4/h1-9,15H;1H3,(H,2,3,4). The third kappa shape index (κ3) is 3.46. The Labute approximate surface area is 117 Å². The molecule has 0 atom stereocenters. The molecule has 0 amide bonds. The molecule has 0 saturated heterocycles. The van der Waals surface area contributed by atoms with Gasteiger partial charge in [0.2, 0.25) is 0 Å². The van der Waals surface area contributed by atoms with Crippen molar-refractivity contribution in [3.05, 3.63) is 54.6 Å². The first-order valence-electron chi connectivity index (χ1n) is 5.88. The number of aromatic hydroxyl groups is 1. The van der Waals surface area contributed by atoms with Crippen molar-refractivity contribution in [2.75, 3.05) is 6.26 Å².